The largest absolute Gasteiger partial charge is 0.383 e. The lowest BCUT2D eigenvalue weighted by Crippen LogP contribution is -2.28. The summed E-state index contributed by atoms with van der Waals surface area (Å²) in [6, 6.07) is 0. The number of nitrogens with two attached hydrogens (primary N) is 1. The third kappa shape index (κ3) is 5.05. The van der Waals surface area contributed by atoms with Gasteiger partial charge in [-0.1, -0.05) is 0 Å². The summed E-state index contributed by atoms with van der Waals surface area (Å²) in [6.07, 6.45) is 0. The van der Waals surface area contributed by atoms with E-state index in [-0.39, 0.29) is 5.96 Å². The summed E-state index contributed by atoms with van der Waals surface area (Å²) in [5.74, 6) is 0.00653. The second kappa shape index (κ2) is 5.33. The predicted octanol–water partition coefficient (Wildman–Crippen LogP) is -1.07. The Hall–Kier alpha value is -0.810. The van der Waals surface area contributed by atoms with E-state index >= 15 is 0 Å². The van der Waals surface area contributed by atoms with Crippen LogP contribution in [-0.2, 0) is 4.74 Å². The van der Waals surface area contributed by atoms with Crippen molar-refractivity contribution in [2.75, 3.05) is 20.3 Å². The van der Waals surface area contributed by atoms with Crippen LogP contribution in [0.1, 0.15) is 0 Å². The fourth-order valence-electron chi connectivity index (χ4n) is 0.293. The standard InChI is InChI=1S/C4H11N3O2/c1-9-3-2-6-4(5)7-8/h8H,2-3H2,1H3,(H3,5,6,7). The highest BCUT2D eigenvalue weighted by atomic mass is 16.5. The monoisotopic (exact) mass is 133 g/mol. The zero-order chi connectivity index (χ0) is 7.11. The summed E-state index contributed by atoms with van der Waals surface area (Å²) >= 11 is 0. The topological polar surface area (TPSA) is 79.9 Å². The Morgan fingerprint density at radius 1 is 1.89 bits per heavy atom. The van der Waals surface area contributed by atoms with Gasteiger partial charge in [0.2, 0.25) is 5.96 Å². The van der Waals surface area contributed by atoms with Crippen molar-refractivity contribution in [3.8, 4) is 0 Å². The minimum Gasteiger partial charge on any atom is -0.383 e. The molecule has 5 heteroatoms. The first-order chi connectivity index (χ1) is 4.31. The summed E-state index contributed by atoms with van der Waals surface area (Å²) in [4.78, 5) is 3.64. The molecule has 0 saturated heterocycles. The number of methoxy groups -OCH3 is 1. The van der Waals surface area contributed by atoms with Gasteiger partial charge < -0.3 is 10.5 Å². The first kappa shape index (κ1) is 8.19. The van der Waals surface area contributed by atoms with Crippen molar-refractivity contribution < 1.29 is 9.94 Å². The van der Waals surface area contributed by atoms with E-state index in [0.29, 0.717) is 13.2 Å². The average Bonchev–Trinajstić information content (AvgIpc) is 1.89. The van der Waals surface area contributed by atoms with Crippen LogP contribution in [0.15, 0.2) is 4.99 Å². The van der Waals surface area contributed by atoms with Crippen LogP contribution < -0.4 is 11.2 Å². The molecule has 0 radical (unpaired) electrons. The van der Waals surface area contributed by atoms with Crippen molar-refractivity contribution in [1.29, 1.82) is 0 Å². The van der Waals surface area contributed by atoms with Crippen LogP contribution in [0.2, 0.25) is 0 Å². The van der Waals surface area contributed by atoms with Gasteiger partial charge in [0.15, 0.2) is 0 Å². The van der Waals surface area contributed by atoms with Crippen molar-refractivity contribution in [2.45, 2.75) is 0 Å². The van der Waals surface area contributed by atoms with Crippen molar-refractivity contribution in [1.82, 2.24) is 5.48 Å². The quantitative estimate of drug-likeness (QED) is 0.198. The number of hydroxylamine groups is 1. The van der Waals surface area contributed by atoms with E-state index in [2.05, 4.69) is 9.73 Å². The summed E-state index contributed by atoms with van der Waals surface area (Å²) in [7, 11) is 1.57. The Bertz CT molecular complexity index is 93.8. The van der Waals surface area contributed by atoms with Gasteiger partial charge in [-0.2, -0.15) is 0 Å². The van der Waals surface area contributed by atoms with Crippen LogP contribution in [0.25, 0.3) is 0 Å². The maximum absolute atomic E-state index is 8.09. The molecule has 0 aromatic heterocycles. The van der Waals surface area contributed by atoms with E-state index < -0.39 is 0 Å². The van der Waals surface area contributed by atoms with Gasteiger partial charge in [-0.15, -0.1) is 0 Å². The summed E-state index contributed by atoms with van der Waals surface area (Å²) < 4.78 is 4.66. The van der Waals surface area contributed by atoms with E-state index in [0.717, 1.165) is 0 Å². The molecule has 0 bridgehead atoms. The number of hydrogen-bond acceptors (Lipinski definition) is 3. The summed E-state index contributed by atoms with van der Waals surface area (Å²) in [5.41, 5.74) is 6.74. The van der Waals surface area contributed by atoms with Gasteiger partial charge in [0.25, 0.3) is 0 Å². The lowest BCUT2D eigenvalue weighted by Gasteiger charge is -1.95. The molecule has 0 fully saturated rings. The van der Waals surface area contributed by atoms with Gasteiger partial charge in [0, 0.05) is 7.11 Å². The molecule has 0 amide bonds. The molecule has 0 unspecified atom stereocenters. The second-order valence-corrected chi connectivity index (χ2v) is 1.37. The number of ether oxygens (including phenoxy) is 1. The van der Waals surface area contributed by atoms with Gasteiger partial charge in [-0.05, 0) is 0 Å². The predicted molar refractivity (Wildman–Crippen MR) is 33.3 cm³/mol. The highest BCUT2D eigenvalue weighted by Crippen LogP contribution is 1.69. The first-order valence-corrected chi connectivity index (χ1v) is 2.50. The molecule has 0 heterocycles. The maximum atomic E-state index is 8.09. The Balaban J connectivity index is 3.21. The Morgan fingerprint density at radius 2 is 2.56 bits per heavy atom. The van der Waals surface area contributed by atoms with Gasteiger partial charge >= 0.3 is 0 Å². The molecule has 0 aliphatic rings. The van der Waals surface area contributed by atoms with Crippen LogP contribution in [0.5, 0.6) is 0 Å². The number of aliphatic imine (C=N–C) groups is 1. The van der Waals surface area contributed by atoms with E-state index in [1.807, 2.05) is 0 Å². The van der Waals surface area contributed by atoms with Crippen LogP contribution >= 0.6 is 0 Å². The van der Waals surface area contributed by atoms with Gasteiger partial charge in [-0.3, -0.25) is 5.21 Å². The fraction of sp³-hybridized carbons (Fsp3) is 0.750. The lowest BCUT2D eigenvalue weighted by molar-refractivity contribution is 0.206. The zero-order valence-corrected chi connectivity index (χ0v) is 5.29. The third-order valence-electron chi connectivity index (χ3n) is 0.692. The molecule has 0 aromatic carbocycles. The molecule has 4 N–H and O–H groups in total. The van der Waals surface area contributed by atoms with E-state index in [4.69, 9.17) is 10.9 Å². The lowest BCUT2D eigenvalue weighted by atomic mass is 10.7. The third-order valence-corrected chi connectivity index (χ3v) is 0.692. The molecule has 5 nitrogen and oxygen atoms in total. The Kier molecular flexibility index (Phi) is 4.85. The molecule has 0 atom stereocenters. The number of hydrogen-bond donors (Lipinski definition) is 3. The fourth-order valence-corrected chi connectivity index (χ4v) is 0.293. The Labute approximate surface area is 53.5 Å². The first-order valence-electron chi connectivity index (χ1n) is 2.50. The van der Waals surface area contributed by atoms with Crippen LogP contribution in [-0.4, -0.2) is 31.4 Å². The molecule has 9 heavy (non-hydrogen) atoms. The minimum absolute atomic E-state index is 0.00653. The Morgan fingerprint density at radius 3 is 3.00 bits per heavy atom. The van der Waals surface area contributed by atoms with Crippen molar-refractivity contribution in [3.63, 3.8) is 0 Å². The number of nitrogens with one attached hydrogen (secondary N) is 1. The average molecular weight is 133 g/mol. The molecule has 0 rings (SSSR count). The summed E-state index contributed by atoms with van der Waals surface area (Å²) in [5, 5.41) is 8.09. The molecule has 0 saturated carbocycles. The van der Waals surface area contributed by atoms with Crippen LogP contribution in [0, 0.1) is 0 Å². The number of nitrogens with zero attached hydrogens (tertiary/aromatic N) is 1. The van der Waals surface area contributed by atoms with Crippen molar-refractivity contribution >= 4 is 5.96 Å². The highest BCUT2D eigenvalue weighted by molar-refractivity contribution is 5.76. The second-order valence-electron chi connectivity index (χ2n) is 1.37. The van der Waals surface area contributed by atoms with E-state index in [1.165, 1.54) is 0 Å². The van der Waals surface area contributed by atoms with Crippen LogP contribution in [0.3, 0.4) is 0 Å². The number of guanidine groups is 1. The highest BCUT2D eigenvalue weighted by Gasteiger charge is 1.83. The van der Waals surface area contributed by atoms with Gasteiger partial charge in [-0.25, -0.2) is 10.5 Å². The molecular formula is C4H11N3O2. The SMILES string of the molecule is COCCN=C(N)NO. The van der Waals surface area contributed by atoms with Crippen LogP contribution in [0.4, 0.5) is 0 Å². The molecule has 54 valence electrons. The zero-order valence-electron chi connectivity index (χ0n) is 5.29. The normalized spacial score (nSPS) is 11.6. The minimum atomic E-state index is 0.00653. The maximum Gasteiger partial charge on any atom is 0.212 e. The molecule has 0 spiro atoms. The van der Waals surface area contributed by atoms with Gasteiger partial charge in [0.1, 0.15) is 0 Å². The van der Waals surface area contributed by atoms with Gasteiger partial charge in [0.05, 0.1) is 13.2 Å². The van der Waals surface area contributed by atoms with E-state index in [1.54, 1.807) is 12.6 Å². The summed E-state index contributed by atoms with van der Waals surface area (Å²) in [6.45, 7) is 0.957. The van der Waals surface area contributed by atoms with Crippen molar-refractivity contribution in [3.05, 3.63) is 0 Å². The molecule has 0 aromatic rings. The van der Waals surface area contributed by atoms with E-state index in [9.17, 15) is 0 Å². The smallest absolute Gasteiger partial charge is 0.212 e. The molecule has 0 aliphatic carbocycles. The molecule has 0 aliphatic heterocycles. The number of rotatable bonds is 3. The van der Waals surface area contributed by atoms with Crippen molar-refractivity contribution in [2.24, 2.45) is 10.7 Å². The molecular weight excluding hydrogens is 122 g/mol.